The van der Waals surface area contributed by atoms with Crippen molar-refractivity contribution in [2.45, 2.75) is 34.1 Å². The standard InChI is InChI=1S/C16H25N3O2/c1-11(2)16(3,4)10-18-14(20)9-12-5-7-13(8-6-12)15(17)19-21/h5-8,11,21H,9-10H2,1-4H3,(H2,17,19)(H,18,20). The van der Waals surface area contributed by atoms with Gasteiger partial charge in [0.25, 0.3) is 0 Å². The van der Waals surface area contributed by atoms with Crippen molar-refractivity contribution in [3.05, 3.63) is 35.4 Å². The molecular formula is C16H25N3O2. The molecule has 1 aromatic carbocycles. The minimum absolute atomic E-state index is 0.000252. The van der Waals surface area contributed by atoms with Gasteiger partial charge in [0.2, 0.25) is 5.91 Å². The number of nitrogens with zero attached hydrogens (tertiary/aromatic N) is 1. The number of amides is 1. The number of nitrogens with one attached hydrogen (secondary N) is 1. The number of hydrogen-bond acceptors (Lipinski definition) is 3. The summed E-state index contributed by atoms with van der Waals surface area (Å²) in [4.78, 5) is 12.0. The molecule has 5 nitrogen and oxygen atoms in total. The Balaban J connectivity index is 2.56. The average molecular weight is 291 g/mol. The van der Waals surface area contributed by atoms with Crippen molar-refractivity contribution in [2.24, 2.45) is 22.2 Å². The average Bonchev–Trinajstić information content (AvgIpc) is 2.45. The first-order chi connectivity index (χ1) is 9.76. The topological polar surface area (TPSA) is 87.7 Å². The third-order valence-electron chi connectivity index (χ3n) is 4.03. The van der Waals surface area contributed by atoms with Crippen LogP contribution in [0.3, 0.4) is 0 Å². The molecule has 0 atom stereocenters. The molecule has 4 N–H and O–H groups in total. The molecule has 0 aliphatic heterocycles. The summed E-state index contributed by atoms with van der Waals surface area (Å²) in [5.41, 5.74) is 7.09. The van der Waals surface area contributed by atoms with Crippen molar-refractivity contribution in [1.82, 2.24) is 5.32 Å². The van der Waals surface area contributed by atoms with Crippen molar-refractivity contribution in [3.8, 4) is 0 Å². The quantitative estimate of drug-likeness (QED) is 0.325. The van der Waals surface area contributed by atoms with E-state index in [9.17, 15) is 4.79 Å². The van der Waals surface area contributed by atoms with Gasteiger partial charge < -0.3 is 16.3 Å². The van der Waals surface area contributed by atoms with Crippen LogP contribution in [-0.2, 0) is 11.2 Å². The Kier molecular flexibility index (Phi) is 5.76. The van der Waals surface area contributed by atoms with Gasteiger partial charge in [-0.1, -0.05) is 57.1 Å². The van der Waals surface area contributed by atoms with E-state index < -0.39 is 0 Å². The van der Waals surface area contributed by atoms with Gasteiger partial charge in [-0.15, -0.1) is 0 Å². The largest absolute Gasteiger partial charge is 0.409 e. The predicted molar refractivity (Wildman–Crippen MR) is 84.3 cm³/mol. The molecule has 1 rings (SSSR count). The number of carbonyl (C=O) groups is 1. The van der Waals surface area contributed by atoms with Crippen LogP contribution in [0, 0.1) is 11.3 Å². The van der Waals surface area contributed by atoms with Gasteiger partial charge in [0.05, 0.1) is 6.42 Å². The molecule has 0 aliphatic carbocycles. The minimum Gasteiger partial charge on any atom is -0.409 e. The summed E-state index contributed by atoms with van der Waals surface area (Å²) in [7, 11) is 0. The normalized spacial score (nSPS) is 12.5. The highest BCUT2D eigenvalue weighted by Gasteiger charge is 2.22. The smallest absolute Gasteiger partial charge is 0.224 e. The number of nitrogens with two attached hydrogens (primary N) is 1. The highest BCUT2D eigenvalue weighted by molar-refractivity contribution is 5.97. The van der Waals surface area contributed by atoms with Crippen molar-refractivity contribution >= 4 is 11.7 Å². The first-order valence-electron chi connectivity index (χ1n) is 7.10. The van der Waals surface area contributed by atoms with Crippen LogP contribution < -0.4 is 11.1 Å². The molecule has 5 heteroatoms. The molecular weight excluding hydrogens is 266 g/mol. The van der Waals surface area contributed by atoms with Crippen LogP contribution in [0.1, 0.15) is 38.8 Å². The van der Waals surface area contributed by atoms with Crippen molar-refractivity contribution < 1.29 is 10.0 Å². The zero-order valence-corrected chi connectivity index (χ0v) is 13.2. The number of carbonyl (C=O) groups excluding carboxylic acids is 1. The Labute approximate surface area is 126 Å². The first-order valence-corrected chi connectivity index (χ1v) is 7.10. The Bertz CT molecular complexity index is 505. The minimum atomic E-state index is 0.000252. The molecule has 0 saturated heterocycles. The zero-order chi connectivity index (χ0) is 16.0. The lowest BCUT2D eigenvalue weighted by atomic mass is 9.81. The summed E-state index contributed by atoms with van der Waals surface area (Å²) >= 11 is 0. The number of hydrogen-bond donors (Lipinski definition) is 3. The van der Waals surface area contributed by atoms with Gasteiger partial charge in [0.15, 0.2) is 5.84 Å². The molecule has 0 aromatic heterocycles. The summed E-state index contributed by atoms with van der Waals surface area (Å²) in [6, 6.07) is 7.08. The van der Waals surface area contributed by atoms with E-state index in [2.05, 4.69) is 38.2 Å². The van der Waals surface area contributed by atoms with Gasteiger partial charge in [0.1, 0.15) is 0 Å². The third-order valence-corrected chi connectivity index (χ3v) is 4.03. The van der Waals surface area contributed by atoms with Crippen LogP contribution >= 0.6 is 0 Å². The van der Waals surface area contributed by atoms with Gasteiger partial charge in [-0.25, -0.2) is 0 Å². The van der Waals surface area contributed by atoms with Gasteiger partial charge in [-0.05, 0) is 16.9 Å². The molecule has 21 heavy (non-hydrogen) atoms. The van der Waals surface area contributed by atoms with Crippen molar-refractivity contribution in [1.29, 1.82) is 0 Å². The summed E-state index contributed by atoms with van der Waals surface area (Å²) in [5.74, 6) is 0.558. The Morgan fingerprint density at radius 2 is 1.90 bits per heavy atom. The number of oxime groups is 1. The van der Waals surface area contributed by atoms with E-state index >= 15 is 0 Å². The fourth-order valence-electron chi connectivity index (χ4n) is 1.63. The molecule has 0 heterocycles. The van der Waals surface area contributed by atoms with Gasteiger partial charge >= 0.3 is 0 Å². The molecule has 1 aromatic rings. The van der Waals surface area contributed by atoms with Gasteiger partial charge in [-0.2, -0.15) is 0 Å². The Hall–Kier alpha value is -2.04. The van der Waals surface area contributed by atoms with E-state index in [1.807, 2.05) is 0 Å². The Morgan fingerprint density at radius 1 is 1.33 bits per heavy atom. The van der Waals surface area contributed by atoms with Crippen molar-refractivity contribution in [2.75, 3.05) is 6.54 Å². The van der Waals surface area contributed by atoms with Crippen LogP contribution in [0.25, 0.3) is 0 Å². The molecule has 0 bridgehead atoms. The second-order valence-corrected chi connectivity index (χ2v) is 6.28. The van der Waals surface area contributed by atoms with Gasteiger partial charge in [0, 0.05) is 12.1 Å². The maximum atomic E-state index is 12.0. The monoisotopic (exact) mass is 291 g/mol. The van der Waals surface area contributed by atoms with Crippen LogP contribution in [0.2, 0.25) is 0 Å². The lowest BCUT2D eigenvalue weighted by Gasteiger charge is -2.29. The number of benzene rings is 1. The van der Waals surface area contributed by atoms with Gasteiger partial charge in [-0.3, -0.25) is 4.79 Å². The summed E-state index contributed by atoms with van der Waals surface area (Å²) in [6.45, 7) is 9.25. The summed E-state index contributed by atoms with van der Waals surface area (Å²) in [5, 5.41) is 14.5. The maximum Gasteiger partial charge on any atom is 0.224 e. The molecule has 116 valence electrons. The van der Waals surface area contributed by atoms with Crippen LogP contribution in [0.4, 0.5) is 0 Å². The second-order valence-electron chi connectivity index (χ2n) is 6.28. The SMILES string of the molecule is CC(C)C(C)(C)CNC(=O)Cc1ccc(/C(N)=N/O)cc1. The highest BCUT2D eigenvalue weighted by atomic mass is 16.4. The number of amidine groups is 1. The first kappa shape index (κ1) is 17.0. The van der Waals surface area contributed by atoms with E-state index in [1.165, 1.54) is 0 Å². The van der Waals surface area contributed by atoms with Crippen molar-refractivity contribution in [3.63, 3.8) is 0 Å². The maximum absolute atomic E-state index is 12.0. The molecule has 0 unspecified atom stereocenters. The molecule has 0 radical (unpaired) electrons. The molecule has 1 amide bonds. The molecule has 0 saturated carbocycles. The van der Waals surface area contributed by atoms with Crippen LogP contribution in [0.15, 0.2) is 29.4 Å². The van der Waals surface area contributed by atoms with Crippen LogP contribution in [0.5, 0.6) is 0 Å². The van der Waals surface area contributed by atoms with E-state index in [-0.39, 0.29) is 17.2 Å². The highest BCUT2D eigenvalue weighted by Crippen LogP contribution is 2.24. The Morgan fingerprint density at radius 3 is 2.38 bits per heavy atom. The molecule has 0 aliphatic rings. The van der Waals surface area contributed by atoms with E-state index in [0.29, 0.717) is 24.4 Å². The van der Waals surface area contributed by atoms with E-state index in [0.717, 1.165) is 5.56 Å². The lowest BCUT2D eigenvalue weighted by molar-refractivity contribution is -0.121. The van der Waals surface area contributed by atoms with Crippen LogP contribution in [-0.4, -0.2) is 23.5 Å². The fourth-order valence-corrected chi connectivity index (χ4v) is 1.63. The third kappa shape index (κ3) is 5.10. The fraction of sp³-hybridized carbons (Fsp3) is 0.500. The second kappa shape index (κ2) is 7.11. The summed E-state index contributed by atoms with van der Waals surface area (Å²) < 4.78 is 0. The lowest BCUT2D eigenvalue weighted by Crippen LogP contribution is -2.37. The zero-order valence-electron chi connectivity index (χ0n) is 13.2. The van der Waals surface area contributed by atoms with E-state index in [1.54, 1.807) is 24.3 Å². The predicted octanol–water partition coefficient (Wildman–Crippen LogP) is 2.12. The number of rotatable bonds is 6. The summed E-state index contributed by atoms with van der Waals surface area (Å²) in [6.07, 6.45) is 0.324. The molecule has 0 spiro atoms. The molecule has 0 fully saturated rings. The van der Waals surface area contributed by atoms with E-state index in [4.69, 9.17) is 10.9 Å².